The van der Waals surface area contributed by atoms with Crippen LogP contribution < -0.4 is 0 Å². The van der Waals surface area contributed by atoms with Crippen molar-refractivity contribution in [1.82, 2.24) is 0 Å². The van der Waals surface area contributed by atoms with Crippen molar-refractivity contribution < 1.29 is 9.53 Å². The van der Waals surface area contributed by atoms with Gasteiger partial charge in [-0.1, -0.05) is 86.5 Å². The van der Waals surface area contributed by atoms with Crippen LogP contribution in [0.15, 0.2) is 0 Å². The maximum atomic E-state index is 11.9. The molecule has 0 radical (unpaired) electrons. The van der Waals surface area contributed by atoms with E-state index in [0.717, 1.165) is 18.8 Å². The summed E-state index contributed by atoms with van der Waals surface area (Å²) in [6, 6.07) is 0. The predicted octanol–water partition coefficient (Wildman–Crippen LogP) is 7.01. The summed E-state index contributed by atoms with van der Waals surface area (Å²) >= 11 is 0. The summed E-state index contributed by atoms with van der Waals surface area (Å²) in [4.78, 5) is 11.9. The van der Waals surface area contributed by atoms with Gasteiger partial charge in [0.05, 0.1) is 6.61 Å². The van der Waals surface area contributed by atoms with Crippen LogP contribution in [0.25, 0.3) is 0 Å². The fourth-order valence-electron chi connectivity index (χ4n) is 3.10. The molecule has 2 nitrogen and oxygen atoms in total. The van der Waals surface area contributed by atoms with Gasteiger partial charge in [-0.2, -0.15) is 0 Å². The monoisotopic (exact) mass is 340 g/mol. The number of unbranched alkanes of at least 4 members (excludes halogenated alkanes) is 2. The van der Waals surface area contributed by atoms with E-state index < -0.39 is 0 Å². The van der Waals surface area contributed by atoms with Gasteiger partial charge in [-0.05, 0) is 36.5 Å². The van der Waals surface area contributed by atoms with Crippen molar-refractivity contribution in [3.8, 4) is 0 Å². The molecule has 3 atom stereocenters. The second-order valence-electron chi connectivity index (χ2n) is 8.43. The Morgan fingerprint density at radius 2 is 1.46 bits per heavy atom. The third-order valence-corrected chi connectivity index (χ3v) is 5.39. The van der Waals surface area contributed by atoms with Crippen LogP contribution in [0.1, 0.15) is 106 Å². The zero-order valence-corrected chi connectivity index (χ0v) is 17.4. The highest BCUT2D eigenvalue weighted by Gasteiger charge is 2.14. The summed E-state index contributed by atoms with van der Waals surface area (Å²) in [5, 5.41) is 0. The van der Waals surface area contributed by atoms with E-state index in [2.05, 4.69) is 41.5 Å². The average molecular weight is 341 g/mol. The molecule has 0 fully saturated rings. The first-order valence-electron chi connectivity index (χ1n) is 10.5. The number of esters is 1. The first-order chi connectivity index (χ1) is 11.4. The van der Waals surface area contributed by atoms with Crippen LogP contribution in [0.3, 0.4) is 0 Å². The van der Waals surface area contributed by atoms with Gasteiger partial charge in [0.25, 0.3) is 0 Å². The van der Waals surface area contributed by atoms with Crippen LogP contribution in [0.2, 0.25) is 0 Å². The number of carbonyl (C=O) groups excluding carboxylic acids is 1. The first kappa shape index (κ1) is 23.5. The summed E-state index contributed by atoms with van der Waals surface area (Å²) < 4.78 is 5.43. The molecule has 0 spiro atoms. The maximum Gasteiger partial charge on any atom is 0.305 e. The third kappa shape index (κ3) is 13.9. The Kier molecular flexibility index (Phi) is 14.5. The minimum atomic E-state index is -0.00279. The number of hydrogen-bond acceptors (Lipinski definition) is 2. The molecule has 0 N–H and O–H groups in total. The normalized spacial score (nSPS) is 15.3. The first-order valence-corrected chi connectivity index (χ1v) is 10.5. The standard InChI is InChI=1S/C22H44O2/c1-7-8-9-13-20(5)21(6)14-15-22(23)24-17-16-19(4)12-10-11-18(2)3/h18-21H,7-17H2,1-6H3. The molecule has 0 aromatic heterocycles. The second-order valence-corrected chi connectivity index (χ2v) is 8.43. The van der Waals surface area contributed by atoms with Gasteiger partial charge in [0, 0.05) is 6.42 Å². The number of ether oxygens (including phenoxy) is 1. The minimum absolute atomic E-state index is 0.00279. The molecular formula is C22H44O2. The molecule has 0 aromatic carbocycles. The van der Waals surface area contributed by atoms with Crippen LogP contribution in [-0.4, -0.2) is 12.6 Å². The molecule has 0 saturated carbocycles. The Morgan fingerprint density at radius 1 is 0.792 bits per heavy atom. The molecule has 0 amide bonds. The quantitative estimate of drug-likeness (QED) is 0.236. The predicted molar refractivity (Wildman–Crippen MR) is 105 cm³/mol. The molecule has 144 valence electrons. The van der Waals surface area contributed by atoms with Gasteiger partial charge in [-0.3, -0.25) is 4.79 Å². The van der Waals surface area contributed by atoms with E-state index >= 15 is 0 Å². The molecule has 0 aromatic rings. The van der Waals surface area contributed by atoms with Crippen LogP contribution in [0.4, 0.5) is 0 Å². The van der Waals surface area contributed by atoms with Crippen molar-refractivity contribution in [1.29, 1.82) is 0 Å². The molecule has 24 heavy (non-hydrogen) atoms. The van der Waals surface area contributed by atoms with Crippen molar-refractivity contribution in [2.24, 2.45) is 23.7 Å². The summed E-state index contributed by atoms with van der Waals surface area (Å²) in [7, 11) is 0. The molecule has 3 unspecified atom stereocenters. The average Bonchev–Trinajstić information content (AvgIpc) is 2.52. The molecule has 0 aliphatic carbocycles. The lowest BCUT2D eigenvalue weighted by Gasteiger charge is -2.19. The molecule has 0 bridgehead atoms. The van der Waals surface area contributed by atoms with Crippen molar-refractivity contribution in [2.45, 2.75) is 106 Å². The number of rotatable bonds is 15. The summed E-state index contributed by atoms with van der Waals surface area (Å²) in [5.41, 5.74) is 0. The SMILES string of the molecule is CCCCCC(C)C(C)CCC(=O)OCCC(C)CCCC(C)C. The zero-order valence-electron chi connectivity index (χ0n) is 17.4. The Bertz CT molecular complexity index is 298. The van der Waals surface area contributed by atoms with E-state index in [-0.39, 0.29) is 5.97 Å². The van der Waals surface area contributed by atoms with Crippen molar-refractivity contribution >= 4 is 5.97 Å². The summed E-state index contributed by atoms with van der Waals surface area (Å²) in [6.45, 7) is 14.3. The largest absolute Gasteiger partial charge is 0.466 e. The molecule has 0 rings (SSSR count). The van der Waals surface area contributed by atoms with Crippen molar-refractivity contribution in [3.63, 3.8) is 0 Å². The van der Waals surface area contributed by atoms with Crippen molar-refractivity contribution in [2.75, 3.05) is 6.61 Å². The van der Waals surface area contributed by atoms with Crippen LogP contribution in [0, 0.1) is 23.7 Å². The fraction of sp³-hybridized carbons (Fsp3) is 0.955. The Hall–Kier alpha value is -0.530. The highest BCUT2D eigenvalue weighted by atomic mass is 16.5. The lowest BCUT2D eigenvalue weighted by atomic mass is 9.87. The minimum Gasteiger partial charge on any atom is -0.466 e. The zero-order chi connectivity index (χ0) is 18.4. The van der Waals surface area contributed by atoms with E-state index in [1.807, 2.05) is 0 Å². The van der Waals surface area contributed by atoms with Gasteiger partial charge < -0.3 is 4.74 Å². The van der Waals surface area contributed by atoms with Crippen LogP contribution in [-0.2, 0) is 9.53 Å². The molecular weight excluding hydrogens is 296 g/mol. The maximum absolute atomic E-state index is 11.9. The smallest absolute Gasteiger partial charge is 0.305 e. The van der Waals surface area contributed by atoms with E-state index in [1.54, 1.807) is 0 Å². The lowest BCUT2D eigenvalue weighted by molar-refractivity contribution is -0.144. The highest BCUT2D eigenvalue weighted by molar-refractivity contribution is 5.69. The van der Waals surface area contributed by atoms with E-state index in [1.165, 1.54) is 44.9 Å². The van der Waals surface area contributed by atoms with E-state index in [0.29, 0.717) is 30.8 Å². The van der Waals surface area contributed by atoms with Crippen LogP contribution in [0.5, 0.6) is 0 Å². The fourth-order valence-corrected chi connectivity index (χ4v) is 3.10. The Labute approximate surface area is 152 Å². The van der Waals surface area contributed by atoms with Gasteiger partial charge in [-0.15, -0.1) is 0 Å². The second kappa shape index (κ2) is 14.8. The topological polar surface area (TPSA) is 26.3 Å². The summed E-state index contributed by atoms with van der Waals surface area (Å²) in [5.74, 6) is 2.78. The van der Waals surface area contributed by atoms with Gasteiger partial charge >= 0.3 is 5.97 Å². The molecule has 2 heteroatoms. The Morgan fingerprint density at radius 3 is 2.08 bits per heavy atom. The molecule has 0 saturated heterocycles. The van der Waals surface area contributed by atoms with Crippen LogP contribution >= 0.6 is 0 Å². The van der Waals surface area contributed by atoms with Gasteiger partial charge in [0.1, 0.15) is 0 Å². The van der Waals surface area contributed by atoms with E-state index in [4.69, 9.17) is 4.74 Å². The third-order valence-electron chi connectivity index (χ3n) is 5.39. The molecule has 0 aliphatic rings. The van der Waals surface area contributed by atoms with E-state index in [9.17, 15) is 4.79 Å². The van der Waals surface area contributed by atoms with Gasteiger partial charge in [-0.25, -0.2) is 0 Å². The number of carbonyl (C=O) groups is 1. The van der Waals surface area contributed by atoms with Crippen molar-refractivity contribution in [3.05, 3.63) is 0 Å². The highest BCUT2D eigenvalue weighted by Crippen LogP contribution is 2.23. The molecule has 0 aliphatic heterocycles. The Balaban J connectivity index is 3.67. The summed E-state index contributed by atoms with van der Waals surface area (Å²) in [6.07, 6.45) is 11.6. The van der Waals surface area contributed by atoms with Gasteiger partial charge in [0.2, 0.25) is 0 Å². The van der Waals surface area contributed by atoms with Gasteiger partial charge in [0.15, 0.2) is 0 Å². The number of hydrogen-bond donors (Lipinski definition) is 0. The lowest BCUT2D eigenvalue weighted by Crippen LogP contribution is -2.13. The molecule has 0 heterocycles.